The number of amides is 1. The third kappa shape index (κ3) is 6.59. The number of pyridine rings is 1. The number of carbonyl (C=O) groups excluding carboxylic acids is 1. The normalized spacial score (nSPS) is 14.4. The van der Waals surface area contributed by atoms with Crippen molar-refractivity contribution in [2.24, 2.45) is 0 Å². The number of benzene rings is 1. The predicted octanol–water partition coefficient (Wildman–Crippen LogP) is 4.03. The molecule has 1 amide bonds. The predicted molar refractivity (Wildman–Crippen MR) is 138 cm³/mol. The lowest BCUT2D eigenvalue weighted by molar-refractivity contribution is -0.122. The van der Waals surface area contributed by atoms with Crippen molar-refractivity contribution in [2.75, 3.05) is 26.2 Å². The number of aromatic nitrogens is 3. The highest BCUT2D eigenvalue weighted by Crippen LogP contribution is 2.24. The molecule has 1 aliphatic rings. The van der Waals surface area contributed by atoms with Crippen LogP contribution in [0.25, 0.3) is 22.4 Å². The fourth-order valence-electron chi connectivity index (χ4n) is 4.39. The Morgan fingerprint density at radius 1 is 1.19 bits per heavy atom. The van der Waals surface area contributed by atoms with E-state index in [1.54, 1.807) is 6.07 Å². The number of piperidine rings is 1. The molecule has 2 aromatic heterocycles. The van der Waals surface area contributed by atoms with Crippen molar-refractivity contribution in [1.82, 2.24) is 24.8 Å². The number of carbonyl (C=O) groups is 1. The lowest BCUT2D eigenvalue weighted by Crippen LogP contribution is -2.37. The van der Waals surface area contributed by atoms with Crippen LogP contribution in [0.4, 0.5) is 4.39 Å². The van der Waals surface area contributed by atoms with Gasteiger partial charge in [0.1, 0.15) is 23.9 Å². The van der Waals surface area contributed by atoms with Gasteiger partial charge >= 0.3 is 0 Å². The minimum Gasteiger partial charge on any atom is -0.492 e. The summed E-state index contributed by atoms with van der Waals surface area (Å²) in [6, 6.07) is 5.36. The topological polar surface area (TPSA) is 89.3 Å². The van der Waals surface area contributed by atoms with Gasteiger partial charge in [-0.1, -0.05) is 18.0 Å². The van der Waals surface area contributed by atoms with Crippen molar-refractivity contribution in [1.29, 1.82) is 0 Å². The van der Waals surface area contributed by atoms with Crippen LogP contribution < -0.4 is 15.6 Å². The van der Waals surface area contributed by atoms with Crippen LogP contribution in [-0.4, -0.2) is 57.6 Å². The van der Waals surface area contributed by atoms with E-state index >= 15 is 0 Å². The molecule has 0 spiro atoms. The van der Waals surface area contributed by atoms with Crippen LogP contribution in [0.1, 0.15) is 39.5 Å². The molecule has 8 nitrogen and oxygen atoms in total. The quantitative estimate of drug-likeness (QED) is 0.433. The van der Waals surface area contributed by atoms with Crippen LogP contribution in [0.5, 0.6) is 5.75 Å². The second kappa shape index (κ2) is 11.8. The first kappa shape index (κ1) is 26.0. The van der Waals surface area contributed by atoms with Gasteiger partial charge in [-0.05, 0) is 70.5 Å². The minimum absolute atomic E-state index is 0.107. The highest BCUT2D eigenvalue weighted by Gasteiger charge is 2.18. The van der Waals surface area contributed by atoms with Crippen molar-refractivity contribution >= 4 is 28.5 Å². The Labute approximate surface area is 214 Å². The lowest BCUT2D eigenvalue weighted by Gasteiger charge is -2.26. The molecule has 1 fully saturated rings. The Morgan fingerprint density at radius 3 is 2.69 bits per heavy atom. The number of ether oxygens (including phenoxy) is 1. The number of hydrogen-bond donors (Lipinski definition) is 1. The molecule has 0 radical (unpaired) electrons. The first-order valence-corrected chi connectivity index (χ1v) is 12.7. The summed E-state index contributed by atoms with van der Waals surface area (Å²) >= 11 is 6.05. The summed E-state index contributed by atoms with van der Waals surface area (Å²) in [5.74, 6) is -0.378. The van der Waals surface area contributed by atoms with E-state index in [-0.39, 0.29) is 45.9 Å². The number of fused-ring (bicyclic) bond motifs is 1. The van der Waals surface area contributed by atoms with Gasteiger partial charge in [-0.3, -0.25) is 14.2 Å². The lowest BCUT2D eigenvalue weighted by atomic mass is 10.1. The minimum atomic E-state index is -0.578. The summed E-state index contributed by atoms with van der Waals surface area (Å²) < 4.78 is 21.2. The number of nitrogens with one attached hydrogen (secondary N) is 1. The van der Waals surface area contributed by atoms with E-state index in [1.165, 1.54) is 42.2 Å². The summed E-state index contributed by atoms with van der Waals surface area (Å²) in [5, 5.41) is 3.14. The smallest absolute Gasteiger partial charge is 0.263 e. The van der Waals surface area contributed by atoms with Crippen LogP contribution in [0.15, 0.2) is 35.3 Å². The average molecular weight is 516 g/mol. The molecule has 1 N–H and O–H groups in total. The molecule has 4 rings (SSSR count). The van der Waals surface area contributed by atoms with Crippen molar-refractivity contribution in [2.45, 2.75) is 52.1 Å². The van der Waals surface area contributed by atoms with Crippen LogP contribution in [0.2, 0.25) is 5.02 Å². The zero-order chi connectivity index (χ0) is 25.7. The first-order valence-electron chi connectivity index (χ1n) is 12.3. The van der Waals surface area contributed by atoms with Gasteiger partial charge < -0.3 is 15.0 Å². The number of hydrogen-bond acceptors (Lipinski definition) is 6. The summed E-state index contributed by atoms with van der Waals surface area (Å²) in [6.45, 7) is 7.10. The maximum absolute atomic E-state index is 14.1. The maximum Gasteiger partial charge on any atom is 0.263 e. The molecule has 0 atom stereocenters. The third-order valence-electron chi connectivity index (χ3n) is 5.99. The molecule has 36 heavy (non-hydrogen) atoms. The number of halogens is 2. The van der Waals surface area contributed by atoms with Gasteiger partial charge in [-0.25, -0.2) is 14.4 Å². The fourth-order valence-corrected chi connectivity index (χ4v) is 4.61. The van der Waals surface area contributed by atoms with Crippen molar-refractivity contribution in [3.8, 4) is 17.1 Å². The summed E-state index contributed by atoms with van der Waals surface area (Å²) in [4.78, 5) is 37.3. The Balaban J connectivity index is 1.62. The highest BCUT2D eigenvalue weighted by molar-refractivity contribution is 6.30. The third-order valence-corrected chi connectivity index (χ3v) is 6.21. The van der Waals surface area contributed by atoms with Crippen LogP contribution in [0, 0.1) is 5.82 Å². The van der Waals surface area contributed by atoms with E-state index in [0.29, 0.717) is 12.4 Å². The maximum atomic E-state index is 14.1. The molecule has 0 bridgehead atoms. The number of likely N-dealkylation sites (tertiary alicyclic amines) is 1. The van der Waals surface area contributed by atoms with Gasteiger partial charge in [-0.15, -0.1) is 0 Å². The van der Waals surface area contributed by atoms with Gasteiger partial charge in [-0.2, -0.15) is 0 Å². The number of rotatable bonds is 9. The average Bonchev–Trinajstić information content (AvgIpc) is 2.83. The Morgan fingerprint density at radius 2 is 1.97 bits per heavy atom. The van der Waals surface area contributed by atoms with Gasteiger partial charge in [0.15, 0.2) is 5.65 Å². The summed E-state index contributed by atoms with van der Waals surface area (Å²) in [5.41, 5.74) is -0.0201. The van der Waals surface area contributed by atoms with E-state index in [9.17, 15) is 14.0 Å². The number of nitrogens with zero attached hydrogens (tertiary/aromatic N) is 4. The molecule has 0 aliphatic carbocycles. The second-order valence-corrected chi connectivity index (χ2v) is 9.79. The summed E-state index contributed by atoms with van der Waals surface area (Å²) in [7, 11) is 0. The zero-order valence-electron chi connectivity index (χ0n) is 20.6. The molecule has 1 aromatic carbocycles. The molecule has 10 heteroatoms. The Hall–Kier alpha value is -3.04. The van der Waals surface area contributed by atoms with Crippen LogP contribution in [0.3, 0.4) is 0 Å². The molecule has 1 aliphatic heterocycles. The molecule has 3 heterocycles. The largest absolute Gasteiger partial charge is 0.492 e. The summed E-state index contributed by atoms with van der Waals surface area (Å²) in [6.07, 6.45) is 6.18. The first-order chi connectivity index (χ1) is 17.3. The van der Waals surface area contributed by atoms with E-state index < -0.39 is 11.4 Å². The van der Waals surface area contributed by atoms with Gasteiger partial charge in [0.05, 0.1) is 18.2 Å². The standard InChI is InChI=1S/C26H31ClFN5O3/c1-17(2)30-23(34)16-33-25(18-11-19(27)13-20(28)12-18)31-24-22(26(33)35)14-21(15-29-24)36-10-6-9-32-7-4-3-5-8-32/h11-15,17H,3-10,16H2,1-2H3,(H,30,34). The van der Waals surface area contributed by atoms with Gasteiger partial charge in [0.25, 0.3) is 5.56 Å². The highest BCUT2D eigenvalue weighted by atomic mass is 35.5. The van der Waals surface area contributed by atoms with Crippen molar-refractivity contribution in [3.05, 3.63) is 51.7 Å². The van der Waals surface area contributed by atoms with Gasteiger partial charge in [0.2, 0.25) is 5.91 Å². The van der Waals surface area contributed by atoms with E-state index in [0.717, 1.165) is 32.1 Å². The Bertz CT molecular complexity index is 1270. The molecule has 1 saturated heterocycles. The zero-order valence-corrected chi connectivity index (χ0v) is 21.4. The monoisotopic (exact) mass is 515 g/mol. The Kier molecular flexibility index (Phi) is 8.53. The van der Waals surface area contributed by atoms with Gasteiger partial charge in [0, 0.05) is 23.2 Å². The molecule has 3 aromatic rings. The van der Waals surface area contributed by atoms with Crippen LogP contribution in [-0.2, 0) is 11.3 Å². The molecular weight excluding hydrogens is 485 g/mol. The molecule has 0 saturated carbocycles. The van der Waals surface area contributed by atoms with Crippen molar-refractivity contribution < 1.29 is 13.9 Å². The molecule has 0 unspecified atom stereocenters. The SMILES string of the molecule is CC(C)NC(=O)Cn1c(-c2cc(F)cc(Cl)c2)nc2ncc(OCCCN3CCCCC3)cc2c1=O. The molecule has 192 valence electrons. The van der Waals surface area contributed by atoms with E-state index in [4.69, 9.17) is 16.3 Å². The second-order valence-electron chi connectivity index (χ2n) is 9.35. The molecular formula is C26H31ClFN5O3. The fraction of sp³-hybridized carbons (Fsp3) is 0.462. The van der Waals surface area contributed by atoms with Crippen LogP contribution >= 0.6 is 11.6 Å². The van der Waals surface area contributed by atoms with Crippen molar-refractivity contribution in [3.63, 3.8) is 0 Å². The van der Waals surface area contributed by atoms with E-state index in [1.807, 2.05) is 13.8 Å². The van der Waals surface area contributed by atoms with E-state index in [2.05, 4.69) is 20.2 Å².